The van der Waals surface area contributed by atoms with Crippen LogP contribution in [0, 0.1) is 0 Å². The van der Waals surface area contributed by atoms with Gasteiger partial charge in [-0.3, -0.25) is 0 Å². The SMILES string of the molecule is O=C=NC=CC(F)(F)F. The van der Waals surface area contributed by atoms with Gasteiger partial charge in [-0.1, -0.05) is 0 Å². The van der Waals surface area contributed by atoms with Crippen LogP contribution >= 0.6 is 0 Å². The zero-order chi connectivity index (χ0) is 7.33. The molecule has 0 saturated carbocycles. The average molecular weight is 137 g/mol. The lowest BCUT2D eigenvalue weighted by Crippen LogP contribution is -1.99. The van der Waals surface area contributed by atoms with E-state index in [1.165, 1.54) is 0 Å². The van der Waals surface area contributed by atoms with Gasteiger partial charge in [-0.2, -0.15) is 18.2 Å². The highest BCUT2D eigenvalue weighted by Crippen LogP contribution is 2.15. The minimum Gasteiger partial charge on any atom is -0.211 e. The monoisotopic (exact) mass is 137 g/mol. The first kappa shape index (κ1) is 7.91. The molecule has 50 valence electrons. The Labute approximate surface area is 48.7 Å². The maximum atomic E-state index is 11.1. The van der Waals surface area contributed by atoms with E-state index in [-0.39, 0.29) is 6.08 Å². The Balaban J connectivity index is 3.85. The molecular formula is C4H2F3NO. The molecule has 0 heterocycles. The summed E-state index contributed by atoms with van der Waals surface area (Å²) < 4.78 is 33.3. The van der Waals surface area contributed by atoms with Crippen molar-refractivity contribution < 1.29 is 18.0 Å². The van der Waals surface area contributed by atoms with Crippen molar-refractivity contribution in [1.29, 1.82) is 0 Å². The molecule has 0 radical (unpaired) electrons. The van der Waals surface area contributed by atoms with E-state index < -0.39 is 6.18 Å². The fraction of sp³-hybridized carbons (Fsp3) is 0.250. The zero-order valence-corrected chi connectivity index (χ0v) is 4.14. The molecule has 0 unspecified atom stereocenters. The molecule has 0 fully saturated rings. The molecule has 0 spiro atoms. The van der Waals surface area contributed by atoms with E-state index in [1.807, 2.05) is 0 Å². The van der Waals surface area contributed by atoms with Crippen molar-refractivity contribution in [3.05, 3.63) is 12.3 Å². The number of halogens is 3. The molecule has 0 aromatic carbocycles. The number of isocyanates is 1. The van der Waals surface area contributed by atoms with Crippen molar-refractivity contribution in [2.24, 2.45) is 4.99 Å². The molecule has 5 heteroatoms. The van der Waals surface area contributed by atoms with Crippen LogP contribution in [-0.2, 0) is 4.79 Å². The number of carbonyl (C=O) groups excluding carboxylic acids is 1. The van der Waals surface area contributed by atoms with E-state index in [4.69, 9.17) is 0 Å². The average Bonchev–Trinajstić information content (AvgIpc) is 1.63. The highest BCUT2D eigenvalue weighted by atomic mass is 19.4. The van der Waals surface area contributed by atoms with Crippen molar-refractivity contribution in [1.82, 2.24) is 0 Å². The molecule has 2 nitrogen and oxygen atoms in total. The van der Waals surface area contributed by atoms with Gasteiger partial charge in [0.15, 0.2) is 0 Å². The second kappa shape index (κ2) is 3.04. The highest BCUT2D eigenvalue weighted by Gasteiger charge is 2.21. The predicted octanol–water partition coefficient (Wildman–Crippen LogP) is 1.40. The Hall–Kier alpha value is -1.09. The second-order valence-electron chi connectivity index (χ2n) is 1.08. The molecule has 0 aliphatic rings. The van der Waals surface area contributed by atoms with Gasteiger partial charge < -0.3 is 0 Å². The lowest BCUT2D eigenvalue weighted by Gasteiger charge is -1.93. The molecule has 0 aromatic heterocycles. The summed E-state index contributed by atoms with van der Waals surface area (Å²) in [7, 11) is 0. The third-order valence-corrected chi connectivity index (χ3v) is 0.391. The van der Waals surface area contributed by atoms with Crippen LogP contribution in [0.25, 0.3) is 0 Å². The van der Waals surface area contributed by atoms with E-state index in [9.17, 15) is 18.0 Å². The van der Waals surface area contributed by atoms with Gasteiger partial charge in [-0.05, 0) is 0 Å². The largest absolute Gasteiger partial charge is 0.411 e. The topological polar surface area (TPSA) is 29.4 Å². The van der Waals surface area contributed by atoms with E-state index in [0.717, 1.165) is 6.08 Å². The Morgan fingerprint density at radius 1 is 1.44 bits per heavy atom. The fourth-order valence-electron chi connectivity index (χ4n) is 0.152. The van der Waals surface area contributed by atoms with Crippen LogP contribution < -0.4 is 0 Å². The number of alkyl halides is 3. The molecule has 0 N–H and O–H groups in total. The number of hydrogen-bond acceptors (Lipinski definition) is 2. The Morgan fingerprint density at radius 3 is 2.33 bits per heavy atom. The van der Waals surface area contributed by atoms with Gasteiger partial charge in [-0.25, -0.2) is 4.79 Å². The third kappa shape index (κ3) is 6.91. The van der Waals surface area contributed by atoms with Crippen LogP contribution in [-0.4, -0.2) is 12.3 Å². The maximum absolute atomic E-state index is 11.1. The van der Waals surface area contributed by atoms with Crippen LogP contribution in [0.3, 0.4) is 0 Å². The highest BCUT2D eigenvalue weighted by molar-refractivity contribution is 5.34. The number of allylic oxidation sites excluding steroid dienone is 1. The first-order valence-corrected chi connectivity index (χ1v) is 1.87. The molecule has 0 saturated heterocycles. The number of nitrogens with zero attached hydrogens (tertiary/aromatic N) is 1. The summed E-state index contributed by atoms with van der Waals surface area (Å²) in [5.74, 6) is 0. The zero-order valence-electron chi connectivity index (χ0n) is 4.14. The van der Waals surface area contributed by atoms with E-state index in [2.05, 4.69) is 4.99 Å². The van der Waals surface area contributed by atoms with Crippen molar-refractivity contribution in [2.75, 3.05) is 0 Å². The third-order valence-electron chi connectivity index (χ3n) is 0.391. The fourth-order valence-corrected chi connectivity index (χ4v) is 0.152. The van der Waals surface area contributed by atoms with Crippen LogP contribution in [0.2, 0.25) is 0 Å². The van der Waals surface area contributed by atoms with Crippen molar-refractivity contribution >= 4 is 6.08 Å². The minimum atomic E-state index is -4.40. The Kier molecular flexibility index (Phi) is 2.67. The summed E-state index contributed by atoms with van der Waals surface area (Å²) in [5.41, 5.74) is 0. The summed E-state index contributed by atoms with van der Waals surface area (Å²) in [6.07, 6.45) is -3.29. The Morgan fingerprint density at radius 2 is 2.00 bits per heavy atom. The van der Waals surface area contributed by atoms with Crippen molar-refractivity contribution in [3.63, 3.8) is 0 Å². The maximum Gasteiger partial charge on any atom is 0.411 e. The minimum absolute atomic E-state index is 0.155. The number of rotatable bonds is 1. The van der Waals surface area contributed by atoms with Crippen molar-refractivity contribution in [3.8, 4) is 0 Å². The normalized spacial score (nSPS) is 11.4. The first-order chi connectivity index (χ1) is 4.06. The summed E-state index contributed by atoms with van der Waals surface area (Å²) in [4.78, 5) is 11.7. The van der Waals surface area contributed by atoms with Crippen LogP contribution in [0.5, 0.6) is 0 Å². The number of hydrogen-bond donors (Lipinski definition) is 0. The van der Waals surface area contributed by atoms with Crippen LogP contribution in [0.4, 0.5) is 13.2 Å². The first-order valence-electron chi connectivity index (χ1n) is 1.87. The quantitative estimate of drug-likeness (QED) is 0.396. The lowest BCUT2D eigenvalue weighted by molar-refractivity contribution is -0.0799. The van der Waals surface area contributed by atoms with E-state index in [1.54, 1.807) is 0 Å². The smallest absolute Gasteiger partial charge is 0.211 e. The summed E-state index contributed by atoms with van der Waals surface area (Å²) in [6.45, 7) is 0. The molecule has 0 aromatic rings. The summed E-state index contributed by atoms with van der Waals surface area (Å²) >= 11 is 0. The molecule has 0 aliphatic heterocycles. The van der Waals surface area contributed by atoms with Crippen LogP contribution in [0.1, 0.15) is 0 Å². The standard InChI is InChI=1S/C4H2F3NO/c5-4(6,7)1-2-8-3-9/h1-2H. The molecule has 0 aliphatic carbocycles. The predicted molar refractivity (Wildman–Crippen MR) is 23.3 cm³/mol. The van der Waals surface area contributed by atoms with Crippen molar-refractivity contribution in [2.45, 2.75) is 6.18 Å². The van der Waals surface area contributed by atoms with Gasteiger partial charge in [0.1, 0.15) is 0 Å². The second-order valence-corrected chi connectivity index (χ2v) is 1.08. The molecular weight excluding hydrogens is 135 g/mol. The van der Waals surface area contributed by atoms with E-state index >= 15 is 0 Å². The van der Waals surface area contributed by atoms with Gasteiger partial charge >= 0.3 is 6.18 Å². The van der Waals surface area contributed by atoms with Gasteiger partial charge in [0.2, 0.25) is 6.08 Å². The Bertz CT molecular complexity index is 154. The molecule has 0 amide bonds. The van der Waals surface area contributed by atoms with Crippen LogP contribution in [0.15, 0.2) is 17.3 Å². The van der Waals surface area contributed by atoms with E-state index in [0.29, 0.717) is 6.20 Å². The van der Waals surface area contributed by atoms with Gasteiger partial charge in [0.05, 0.1) is 0 Å². The van der Waals surface area contributed by atoms with Gasteiger partial charge in [-0.15, -0.1) is 0 Å². The molecule has 0 bridgehead atoms. The van der Waals surface area contributed by atoms with Gasteiger partial charge in [0.25, 0.3) is 0 Å². The lowest BCUT2D eigenvalue weighted by atomic mass is 10.6. The van der Waals surface area contributed by atoms with Gasteiger partial charge in [0, 0.05) is 12.3 Å². The molecule has 0 atom stereocenters. The summed E-state index contributed by atoms with van der Waals surface area (Å²) in [6, 6.07) is 0. The summed E-state index contributed by atoms with van der Waals surface area (Å²) in [5, 5.41) is 0. The molecule has 0 rings (SSSR count). The molecule has 9 heavy (non-hydrogen) atoms. The number of aliphatic imine (C=N–C) groups is 1.